The molecule has 26 heavy (non-hydrogen) atoms. The Morgan fingerprint density at radius 2 is 1.92 bits per heavy atom. The normalized spacial score (nSPS) is 11.0. The van der Waals surface area contributed by atoms with Gasteiger partial charge < -0.3 is 15.0 Å². The monoisotopic (exact) mass is 355 g/mol. The quantitative estimate of drug-likeness (QED) is 0.899. The molecule has 1 aromatic heterocycles. The first-order chi connectivity index (χ1) is 12.1. The molecule has 0 saturated heterocycles. The fraction of sp³-hybridized carbons (Fsp3) is 0.350. The second-order valence-electron chi connectivity index (χ2n) is 7.18. The summed E-state index contributed by atoms with van der Waals surface area (Å²) in [6.07, 6.45) is 1.16. The molecular weight excluding hydrogens is 330 g/mol. The Morgan fingerprint density at radius 1 is 1.19 bits per heavy atom. The molecule has 1 heterocycles. The first-order valence-corrected chi connectivity index (χ1v) is 8.41. The van der Waals surface area contributed by atoms with Crippen LogP contribution < -0.4 is 5.32 Å². The van der Waals surface area contributed by atoms with Crippen molar-refractivity contribution in [2.75, 3.05) is 12.4 Å². The van der Waals surface area contributed by atoms with Crippen LogP contribution in [0.15, 0.2) is 42.6 Å². The second kappa shape index (κ2) is 7.99. The maximum atomic E-state index is 12.3. The maximum Gasteiger partial charge on any atom is 0.410 e. The van der Waals surface area contributed by atoms with Crippen molar-refractivity contribution in [1.82, 2.24) is 9.88 Å². The summed E-state index contributed by atoms with van der Waals surface area (Å²) in [7, 11) is 1.68. The lowest BCUT2D eigenvalue weighted by Gasteiger charge is -2.24. The van der Waals surface area contributed by atoms with E-state index >= 15 is 0 Å². The molecule has 6 heteroatoms. The van der Waals surface area contributed by atoms with E-state index in [0.717, 1.165) is 11.3 Å². The molecule has 2 aromatic rings. The van der Waals surface area contributed by atoms with Crippen molar-refractivity contribution in [1.29, 1.82) is 0 Å². The number of hydrogen-bond donors (Lipinski definition) is 1. The van der Waals surface area contributed by atoms with Crippen molar-refractivity contribution >= 4 is 17.7 Å². The van der Waals surface area contributed by atoms with Crippen molar-refractivity contribution in [2.24, 2.45) is 0 Å². The summed E-state index contributed by atoms with van der Waals surface area (Å²) in [4.78, 5) is 30.0. The van der Waals surface area contributed by atoms with Crippen LogP contribution in [0.1, 0.15) is 42.4 Å². The van der Waals surface area contributed by atoms with Crippen molar-refractivity contribution in [2.45, 2.75) is 39.8 Å². The van der Waals surface area contributed by atoms with E-state index in [0.29, 0.717) is 17.8 Å². The van der Waals surface area contributed by atoms with Gasteiger partial charge in [-0.05, 0) is 57.5 Å². The van der Waals surface area contributed by atoms with E-state index in [1.54, 1.807) is 31.4 Å². The Morgan fingerprint density at radius 3 is 2.54 bits per heavy atom. The Kier molecular flexibility index (Phi) is 5.97. The topological polar surface area (TPSA) is 71.5 Å². The number of carbonyl (C=O) groups excluding carboxylic acids is 2. The fourth-order valence-electron chi connectivity index (χ4n) is 2.23. The minimum Gasteiger partial charge on any atom is -0.444 e. The van der Waals surface area contributed by atoms with Crippen molar-refractivity contribution < 1.29 is 14.3 Å². The molecular formula is C20H25N3O3. The Balaban J connectivity index is 2.02. The predicted octanol–water partition coefficient (Wildman–Crippen LogP) is 4.01. The molecule has 138 valence electrons. The molecule has 0 atom stereocenters. The van der Waals surface area contributed by atoms with Crippen LogP contribution in [-0.4, -0.2) is 34.5 Å². The number of aromatic nitrogens is 1. The number of nitrogens with zero attached hydrogens (tertiary/aromatic N) is 2. The van der Waals surface area contributed by atoms with Gasteiger partial charge in [0.15, 0.2) is 0 Å². The van der Waals surface area contributed by atoms with Crippen LogP contribution in [0.5, 0.6) is 0 Å². The van der Waals surface area contributed by atoms with E-state index in [2.05, 4.69) is 10.3 Å². The predicted molar refractivity (Wildman–Crippen MR) is 101 cm³/mol. The first kappa shape index (κ1) is 19.4. The molecule has 1 N–H and O–H groups in total. The fourth-order valence-corrected chi connectivity index (χ4v) is 2.23. The molecule has 0 aliphatic carbocycles. The molecule has 0 fully saturated rings. The van der Waals surface area contributed by atoms with Gasteiger partial charge in [-0.25, -0.2) is 4.79 Å². The summed E-state index contributed by atoms with van der Waals surface area (Å²) in [5.41, 5.74) is 2.35. The van der Waals surface area contributed by atoms with Crippen LogP contribution in [0.4, 0.5) is 10.5 Å². The smallest absolute Gasteiger partial charge is 0.410 e. The van der Waals surface area contributed by atoms with Gasteiger partial charge in [0.1, 0.15) is 5.60 Å². The molecule has 0 saturated carbocycles. The molecule has 0 aliphatic heterocycles. The van der Waals surface area contributed by atoms with Crippen LogP contribution in [0.3, 0.4) is 0 Å². The highest BCUT2D eigenvalue weighted by atomic mass is 16.6. The van der Waals surface area contributed by atoms with E-state index in [1.807, 2.05) is 45.9 Å². The van der Waals surface area contributed by atoms with Gasteiger partial charge in [-0.3, -0.25) is 9.78 Å². The van der Waals surface area contributed by atoms with Crippen molar-refractivity contribution in [3.05, 3.63) is 59.4 Å². The maximum absolute atomic E-state index is 12.3. The van der Waals surface area contributed by atoms with E-state index in [1.165, 1.54) is 4.90 Å². The molecule has 0 radical (unpaired) electrons. The zero-order valence-electron chi connectivity index (χ0n) is 15.9. The number of carbonyl (C=O) groups is 2. The van der Waals surface area contributed by atoms with Crippen molar-refractivity contribution in [3.8, 4) is 0 Å². The zero-order valence-corrected chi connectivity index (χ0v) is 15.9. The van der Waals surface area contributed by atoms with E-state index in [9.17, 15) is 9.59 Å². The highest BCUT2D eigenvalue weighted by Crippen LogP contribution is 2.15. The van der Waals surface area contributed by atoms with Crippen LogP contribution >= 0.6 is 0 Å². The number of amides is 2. The highest BCUT2D eigenvalue weighted by Gasteiger charge is 2.19. The average Bonchev–Trinajstić information content (AvgIpc) is 2.54. The molecule has 2 rings (SSSR count). The van der Waals surface area contributed by atoms with Gasteiger partial charge in [-0.1, -0.05) is 12.1 Å². The van der Waals surface area contributed by atoms with E-state index in [-0.39, 0.29) is 5.91 Å². The number of pyridine rings is 1. The highest BCUT2D eigenvalue weighted by molar-refractivity contribution is 6.04. The van der Waals surface area contributed by atoms with Gasteiger partial charge in [-0.2, -0.15) is 0 Å². The Labute approximate surface area is 154 Å². The lowest BCUT2D eigenvalue weighted by Crippen LogP contribution is -2.33. The lowest BCUT2D eigenvalue weighted by atomic mass is 10.1. The lowest BCUT2D eigenvalue weighted by molar-refractivity contribution is 0.0285. The summed E-state index contributed by atoms with van der Waals surface area (Å²) in [6.45, 7) is 7.73. The summed E-state index contributed by atoms with van der Waals surface area (Å²) in [5.74, 6) is -0.227. The average molecular weight is 355 g/mol. The third-order valence-corrected chi connectivity index (χ3v) is 3.48. The standard InChI is InChI=1S/C20H25N3O3/c1-14-9-10-16(12-21-14)18(24)22-17-8-6-7-15(11-17)13-23(5)19(25)26-20(2,3)4/h6-12H,13H2,1-5H3,(H,22,24). The largest absolute Gasteiger partial charge is 0.444 e. The SMILES string of the molecule is Cc1ccc(C(=O)Nc2cccc(CN(C)C(=O)OC(C)(C)C)c2)cn1. The van der Waals surface area contributed by atoms with Crippen molar-refractivity contribution in [3.63, 3.8) is 0 Å². The number of rotatable bonds is 4. The van der Waals surface area contributed by atoms with E-state index < -0.39 is 11.7 Å². The van der Waals surface area contributed by atoms with Crippen LogP contribution in [-0.2, 0) is 11.3 Å². The molecule has 6 nitrogen and oxygen atoms in total. The number of hydrogen-bond acceptors (Lipinski definition) is 4. The Bertz CT molecular complexity index is 780. The second-order valence-corrected chi connectivity index (χ2v) is 7.18. The summed E-state index contributed by atoms with van der Waals surface area (Å²) >= 11 is 0. The summed E-state index contributed by atoms with van der Waals surface area (Å²) in [6, 6.07) is 10.9. The van der Waals surface area contributed by atoms with Crippen LogP contribution in [0.2, 0.25) is 0 Å². The van der Waals surface area contributed by atoms with Gasteiger partial charge in [0.2, 0.25) is 0 Å². The zero-order chi connectivity index (χ0) is 19.3. The minimum absolute atomic E-state index is 0.227. The molecule has 0 bridgehead atoms. The third-order valence-electron chi connectivity index (χ3n) is 3.48. The van der Waals surface area contributed by atoms with E-state index in [4.69, 9.17) is 4.74 Å². The molecule has 0 aliphatic rings. The third kappa shape index (κ3) is 5.88. The number of anilines is 1. The first-order valence-electron chi connectivity index (χ1n) is 8.41. The van der Waals surface area contributed by atoms with Gasteiger partial charge >= 0.3 is 6.09 Å². The van der Waals surface area contributed by atoms with Gasteiger partial charge in [0, 0.05) is 31.2 Å². The number of aryl methyl sites for hydroxylation is 1. The van der Waals surface area contributed by atoms with Crippen LogP contribution in [0.25, 0.3) is 0 Å². The number of nitrogens with one attached hydrogen (secondary N) is 1. The molecule has 1 aromatic carbocycles. The number of ether oxygens (including phenoxy) is 1. The van der Waals surface area contributed by atoms with Gasteiger partial charge in [-0.15, -0.1) is 0 Å². The summed E-state index contributed by atoms with van der Waals surface area (Å²) < 4.78 is 5.34. The Hall–Kier alpha value is -2.89. The van der Waals surface area contributed by atoms with Gasteiger partial charge in [0.25, 0.3) is 5.91 Å². The molecule has 0 spiro atoms. The number of benzene rings is 1. The summed E-state index contributed by atoms with van der Waals surface area (Å²) in [5, 5.41) is 2.85. The minimum atomic E-state index is -0.538. The van der Waals surface area contributed by atoms with Crippen LogP contribution in [0, 0.1) is 6.92 Å². The molecule has 0 unspecified atom stereocenters. The molecule has 2 amide bonds. The van der Waals surface area contributed by atoms with Gasteiger partial charge in [0.05, 0.1) is 5.56 Å².